The van der Waals surface area contributed by atoms with Gasteiger partial charge in [-0.05, 0) is 26.7 Å². The second-order valence-corrected chi connectivity index (χ2v) is 11.7. The van der Waals surface area contributed by atoms with Crippen molar-refractivity contribution in [3.8, 4) is 0 Å². The van der Waals surface area contributed by atoms with Crippen molar-refractivity contribution < 1.29 is 18.1 Å². The van der Waals surface area contributed by atoms with Gasteiger partial charge < -0.3 is 13.5 Å². The fourth-order valence-corrected chi connectivity index (χ4v) is 5.75. The van der Waals surface area contributed by atoms with Gasteiger partial charge in [0, 0.05) is 6.42 Å². The van der Waals surface area contributed by atoms with Crippen LogP contribution in [0.3, 0.4) is 0 Å². The fourth-order valence-electron chi connectivity index (χ4n) is 4.10. The van der Waals surface area contributed by atoms with Gasteiger partial charge in [0.25, 0.3) is 0 Å². The Labute approximate surface area is 189 Å². The van der Waals surface area contributed by atoms with E-state index < -0.39 is 7.60 Å². The highest BCUT2D eigenvalue weighted by Crippen LogP contribution is 2.48. The zero-order valence-corrected chi connectivity index (χ0v) is 22.2. The Morgan fingerprint density at radius 3 is 1.33 bits per heavy atom. The van der Waals surface area contributed by atoms with Gasteiger partial charge in [-0.1, -0.05) is 84.0 Å². The molecule has 4 nitrogen and oxygen atoms in total. The van der Waals surface area contributed by atoms with E-state index in [1.54, 1.807) is 0 Å². The average Bonchev–Trinajstić information content (AvgIpc) is 2.68. The Morgan fingerprint density at radius 2 is 0.933 bits per heavy atom. The molecule has 0 spiro atoms. The molecule has 0 N–H and O–H groups in total. The van der Waals surface area contributed by atoms with Crippen molar-refractivity contribution in [2.45, 2.75) is 117 Å². The van der Waals surface area contributed by atoms with Gasteiger partial charge in [0.2, 0.25) is 0 Å². The van der Waals surface area contributed by atoms with E-state index >= 15 is 0 Å². The van der Waals surface area contributed by atoms with Crippen molar-refractivity contribution >= 4 is 7.60 Å². The molecule has 0 radical (unpaired) electrons. The Hall–Kier alpha value is 0.110. The molecule has 0 bridgehead atoms. The molecule has 0 aromatic heterocycles. The highest BCUT2D eigenvalue weighted by molar-refractivity contribution is 7.53. The maximum atomic E-state index is 12.5. The molecule has 0 saturated carbocycles. The van der Waals surface area contributed by atoms with Crippen LogP contribution < -0.4 is 0 Å². The molecular weight excluding hydrogens is 393 g/mol. The molecule has 0 aliphatic rings. The number of hydrogen-bond donors (Lipinski definition) is 0. The zero-order chi connectivity index (χ0) is 22.6. The van der Waals surface area contributed by atoms with Crippen molar-refractivity contribution in [3.63, 3.8) is 0 Å². The van der Waals surface area contributed by atoms with Crippen LogP contribution >= 0.6 is 7.60 Å². The number of unbranched alkanes of at least 4 members (excludes halogenated alkanes) is 13. The lowest BCUT2D eigenvalue weighted by atomic mass is 10.0. The number of nitrogens with zero attached hydrogens (tertiary/aromatic N) is 1. The summed E-state index contributed by atoms with van der Waals surface area (Å²) in [6.45, 7) is 9.17. The Bertz CT molecular complexity index is 405. The molecule has 0 unspecified atom stereocenters. The summed E-state index contributed by atoms with van der Waals surface area (Å²) in [5.74, 6) is 0. The van der Waals surface area contributed by atoms with E-state index in [4.69, 9.17) is 9.05 Å². The van der Waals surface area contributed by atoms with Crippen LogP contribution in [0.15, 0.2) is 0 Å². The van der Waals surface area contributed by atoms with Crippen LogP contribution in [0.4, 0.5) is 0 Å². The van der Waals surface area contributed by atoms with Crippen LogP contribution in [-0.2, 0) is 13.6 Å². The maximum absolute atomic E-state index is 12.5. The van der Waals surface area contributed by atoms with Gasteiger partial charge in [0.1, 0.15) is 0 Å². The van der Waals surface area contributed by atoms with E-state index in [1.807, 2.05) is 13.8 Å². The van der Waals surface area contributed by atoms with Crippen molar-refractivity contribution in [1.29, 1.82) is 0 Å². The van der Waals surface area contributed by atoms with E-state index in [2.05, 4.69) is 21.0 Å². The quantitative estimate of drug-likeness (QED) is 0.0897. The molecule has 5 heteroatoms. The lowest BCUT2D eigenvalue weighted by Crippen LogP contribution is -2.41. The third-order valence-electron chi connectivity index (χ3n) is 5.96. The predicted molar refractivity (Wildman–Crippen MR) is 132 cm³/mol. The number of rotatable bonds is 23. The highest BCUT2D eigenvalue weighted by atomic mass is 31.2. The van der Waals surface area contributed by atoms with Gasteiger partial charge in [-0.3, -0.25) is 4.57 Å². The zero-order valence-electron chi connectivity index (χ0n) is 21.3. The molecule has 0 aromatic rings. The normalized spacial score (nSPS) is 12.6. The largest absolute Gasteiger partial charge is 0.330 e. The lowest BCUT2D eigenvalue weighted by Gasteiger charge is -2.30. The van der Waals surface area contributed by atoms with E-state index in [-0.39, 0.29) is 0 Å². The Balaban J connectivity index is 3.58. The minimum atomic E-state index is -2.88. The van der Waals surface area contributed by atoms with Crippen LogP contribution in [0.25, 0.3) is 0 Å². The average molecular weight is 449 g/mol. The second kappa shape index (κ2) is 19.8. The molecule has 0 atom stereocenters. The van der Waals surface area contributed by atoms with E-state index in [0.29, 0.717) is 19.4 Å². The first-order valence-electron chi connectivity index (χ1n) is 13.1. The SMILES string of the molecule is CCCCCCCCCCCCCCCC[N+](C)(C)CCCP(=O)(OCC)OCC. The molecule has 182 valence electrons. The van der Waals surface area contributed by atoms with E-state index in [0.717, 1.165) is 17.4 Å². The summed E-state index contributed by atoms with van der Waals surface area (Å²) in [4.78, 5) is 0. The highest BCUT2D eigenvalue weighted by Gasteiger charge is 2.25. The molecule has 0 aromatic carbocycles. The Morgan fingerprint density at radius 1 is 0.567 bits per heavy atom. The summed E-state index contributed by atoms with van der Waals surface area (Å²) >= 11 is 0. The standard InChI is InChI=1S/C25H55NO3P/c1-6-9-10-11-12-13-14-15-16-17-18-19-20-21-23-26(4,5)24-22-25-30(27,28-7-2)29-8-3/h6-25H2,1-5H3/q+1. The third kappa shape index (κ3) is 18.8. The van der Waals surface area contributed by atoms with Gasteiger partial charge in [0.05, 0.1) is 46.6 Å². The molecule has 0 fully saturated rings. The molecule has 30 heavy (non-hydrogen) atoms. The number of hydrogen-bond acceptors (Lipinski definition) is 3. The molecule has 0 aliphatic heterocycles. The smallest absolute Gasteiger partial charge is 0.328 e. The van der Waals surface area contributed by atoms with Gasteiger partial charge in [-0.25, -0.2) is 0 Å². The summed E-state index contributed by atoms with van der Waals surface area (Å²) in [6, 6.07) is 0. The van der Waals surface area contributed by atoms with Crippen molar-refractivity contribution in [2.75, 3.05) is 46.6 Å². The van der Waals surface area contributed by atoms with E-state index in [9.17, 15) is 4.57 Å². The summed E-state index contributed by atoms with van der Waals surface area (Å²) in [5, 5.41) is 0. The first kappa shape index (κ1) is 30.1. The van der Waals surface area contributed by atoms with E-state index in [1.165, 1.54) is 96.4 Å². The van der Waals surface area contributed by atoms with Crippen LogP contribution in [0.2, 0.25) is 0 Å². The van der Waals surface area contributed by atoms with Gasteiger partial charge in [-0.15, -0.1) is 0 Å². The molecule has 0 aliphatic carbocycles. The fraction of sp³-hybridized carbons (Fsp3) is 1.00. The summed E-state index contributed by atoms with van der Waals surface area (Å²) in [5.41, 5.74) is 0. The van der Waals surface area contributed by atoms with Gasteiger partial charge >= 0.3 is 7.60 Å². The summed E-state index contributed by atoms with van der Waals surface area (Å²) < 4.78 is 24.3. The lowest BCUT2D eigenvalue weighted by molar-refractivity contribution is -0.890. The van der Waals surface area contributed by atoms with Crippen molar-refractivity contribution in [2.24, 2.45) is 0 Å². The minimum Gasteiger partial charge on any atom is -0.328 e. The third-order valence-corrected chi connectivity index (χ3v) is 8.13. The topological polar surface area (TPSA) is 35.5 Å². The van der Waals surface area contributed by atoms with Crippen molar-refractivity contribution in [1.82, 2.24) is 0 Å². The second-order valence-electron chi connectivity index (χ2n) is 9.50. The first-order valence-corrected chi connectivity index (χ1v) is 14.8. The minimum absolute atomic E-state index is 0.453. The predicted octanol–water partition coefficient (Wildman–Crippen LogP) is 8.20. The molecule has 0 amide bonds. The van der Waals surface area contributed by atoms with Crippen molar-refractivity contribution in [3.05, 3.63) is 0 Å². The maximum Gasteiger partial charge on any atom is 0.330 e. The van der Waals surface area contributed by atoms with Crippen LogP contribution in [0.1, 0.15) is 117 Å². The molecule has 0 saturated heterocycles. The van der Waals surface area contributed by atoms with Crippen LogP contribution in [0, 0.1) is 0 Å². The first-order chi connectivity index (χ1) is 14.4. The van der Waals surface area contributed by atoms with Gasteiger partial charge in [-0.2, -0.15) is 0 Å². The summed E-state index contributed by atoms with van der Waals surface area (Å²) in [7, 11) is 1.70. The van der Waals surface area contributed by atoms with Crippen LogP contribution in [-0.4, -0.2) is 51.0 Å². The van der Waals surface area contributed by atoms with Gasteiger partial charge in [0.15, 0.2) is 0 Å². The molecule has 0 heterocycles. The molecule has 0 rings (SSSR count). The Kier molecular flexibility index (Phi) is 19.8. The van der Waals surface area contributed by atoms with Crippen LogP contribution in [0.5, 0.6) is 0 Å². The summed E-state index contributed by atoms with van der Waals surface area (Å²) in [6.07, 6.45) is 21.1. The molecular formula is C25H55NO3P+. The number of quaternary nitrogens is 1. The monoisotopic (exact) mass is 448 g/mol.